The first-order valence-electron chi connectivity index (χ1n) is 8.63. The number of nitrogens with zero attached hydrogens (tertiary/aromatic N) is 3. The number of hydrogen-bond donors (Lipinski definition) is 1. The predicted octanol–water partition coefficient (Wildman–Crippen LogP) is 3.05. The fraction of sp³-hybridized carbons (Fsp3) is 0.300. The van der Waals surface area contributed by atoms with Crippen molar-refractivity contribution < 1.29 is 9.29 Å². The van der Waals surface area contributed by atoms with Gasteiger partial charge in [0.05, 0.1) is 12.6 Å². The zero-order valence-electron chi connectivity index (χ0n) is 15.6. The summed E-state index contributed by atoms with van der Waals surface area (Å²) in [7, 11) is 3.94. The highest BCUT2D eigenvalue weighted by Gasteiger charge is 2.16. The second-order valence-corrected chi connectivity index (χ2v) is 7.23. The van der Waals surface area contributed by atoms with Crippen LogP contribution >= 0.6 is 12.2 Å². The lowest BCUT2D eigenvalue weighted by atomic mass is 10.1. The van der Waals surface area contributed by atoms with Gasteiger partial charge in [0.25, 0.3) is 0 Å². The van der Waals surface area contributed by atoms with Gasteiger partial charge in [-0.15, -0.1) is 5.10 Å². The number of nitrogens with one attached hydrogen (secondary N) is 1. The van der Waals surface area contributed by atoms with E-state index in [0.29, 0.717) is 22.8 Å². The van der Waals surface area contributed by atoms with E-state index < -0.39 is 0 Å². The quantitative estimate of drug-likeness (QED) is 0.698. The van der Waals surface area contributed by atoms with Crippen LogP contribution in [0.25, 0.3) is 11.4 Å². The highest BCUT2D eigenvalue weighted by atomic mass is 32.1. The van der Waals surface area contributed by atoms with Crippen molar-refractivity contribution >= 4 is 12.2 Å². The predicted molar refractivity (Wildman–Crippen MR) is 104 cm³/mol. The normalized spacial score (nSPS) is 12.3. The van der Waals surface area contributed by atoms with Gasteiger partial charge in [-0.25, -0.2) is 4.39 Å². The van der Waals surface area contributed by atoms with Gasteiger partial charge < -0.3 is 9.47 Å². The van der Waals surface area contributed by atoms with Gasteiger partial charge in [-0.2, -0.15) is 4.68 Å². The van der Waals surface area contributed by atoms with E-state index in [-0.39, 0.29) is 5.82 Å². The summed E-state index contributed by atoms with van der Waals surface area (Å²) in [5.41, 5.74) is 4.34. The Labute approximate surface area is 158 Å². The molecule has 1 atom stereocenters. The van der Waals surface area contributed by atoms with Crippen molar-refractivity contribution in [3.05, 3.63) is 69.7 Å². The van der Waals surface area contributed by atoms with Gasteiger partial charge in [0.15, 0.2) is 12.5 Å². The Kier molecular flexibility index (Phi) is 5.34. The molecule has 0 saturated carbocycles. The van der Waals surface area contributed by atoms with Crippen LogP contribution in [0.15, 0.2) is 42.5 Å². The lowest BCUT2D eigenvalue weighted by Crippen LogP contribution is -3.07. The molecular weight excluding hydrogens is 347 g/mol. The topological polar surface area (TPSA) is 27.2 Å². The average molecular weight is 372 g/mol. The number of benzene rings is 2. The molecule has 0 spiro atoms. The Morgan fingerprint density at radius 2 is 1.88 bits per heavy atom. The smallest absolute Gasteiger partial charge is 0.202 e. The Hall–Kier alpha value is -2.31. The molecule has 1 unspecified atom stereocenters. The molecule has 1 N–H and O–H groups in total. The highest BCUT2D eigenvalue weighted by molar-refractivity contribution is 7.71. The van der Waals surface area contributed by atoms with Gasteiger partial charge in [-0.3, -0.25) is 0 Å². The minimum atomic E-state index is -0.293. The van der Waals surface area contributed by atoms with Crippen LogP contribution in [-0.2, 0) is 20.3 Å². The molecule has 0 saturated heterocycles. The summed E-state index contributed by atoms with van der Waals surface area (Å²) in [5.74, 6) is 0.256. The van der Waals surface area contributed by atoms with Crippen molar-refractivity contribution in [3.8, 4) is 11.4 Å². The van der Waals surface area contributed by atoms with Crippen molar-refractivity contribution in [1.82, 2.24) is 14.3 Å². The van der Waals surface area contributed by atoms with Crippen molar-refractivity contribution in [2.45, 2.75) is 27.1 Å². The summed E-state index contributed by atoms with van der Waals surface area (Å²) in [6.07, 6.45) is 0. The zero-order chi connectivity index (χ0) is 18.8. The fourth-order valence-electron chi connectivity index (χ4n) is 3.15. The summed E-state index contributed by atoms with van der Waals surface area (Å²) < 4.78 is 18.2. The molecule has 3 aromatic rings. The molecule has 4 nitrogen and oxygen atoms in total. The Balaban J connectivity index is 1.83. The lowest BCUT2D eigenvalue weighted by Gasteiger charge is -2.15. The first-order chi connectivity index (χ1) is 12.4. The van der Waals surface area contributed by atoms with Crippen LogP contribution in [0.1, 0.15) is 16.7 Å². The van der Waals surface area contributed by atoms with Crippen molar-refractivity contribution in [3.63, 3.8) is 0 Å². The van der Waals surface area contributed by atoms with Gasteiger partial charge in [-0.1, -0.05) is 35.9 Å². The molecule has 0 radical (unpaired) electrons. The molecule has 6 heteroatoms. The molecule has 1 heterocycles. The largest absolute Gasteiger partial charge is 0.315 e. The standard InChI is InChI=1S/C20H23FN4S/c1-14-9-10-16(15(2)11-14)12-23(3)13-25-20(26)24(4)19(22-25)17-7-5-6-8-18(17)21/h5-11H,12-13H2,1-4H3/p+1. The summed E-state index contributed by atoms with van der Waals surface area (Å²) >= 11 is 5.51. The Morgan fingerprint density at radius 1 is 1.15 bits per heavy atom. The van der Waals surface area contributed by atoms with E-state index in [2.05, 4.69) is 44.2 Å². The molecule has 26 heavy (non-hydrogen) atoms. The summed E-state index contributed by atoms with van der Waals surface area (Å²) in [5, 5.41) is 4.57. The summed E-state index contributed by atoms with van der Waals surface area (Å²) in [6, 6.07) is 13.2. The van der Waals surface area contributed by atoms with Crippen LogP contribution in [0.5, 0.6) is 0 Å². The Bertz CT molecular complexity index is 990. The molecule has 0 aliphatic rings. The van der Waals surface area contributed by atoms with Gasteiger partial charge >= 0.3 is 0 Å². The molecular formula is C20H24FN4S+. The maximum atomic E-state index is 14.1. The van der Waals surface area contributed by atoms with E-state index >= 15 is 0 Å². The maximum absolute atomic E-state index is 14.1. The number of aromatic nitrogens is 3. The van der Waals surface area contributed by atoms with Crippen LogP contribution in [-0.4, -0.2) is 21.4 Å². The van der Waals surface area contributed by atoms with Crippen LogP contribution in [0.4, 0.5) is 4.39 Å². The second kappa shape index (κ2) is 7.51. The average Bonchev–Trinajstić information content (AvgIpc) is 2.86. The molecule has 1 aromatic heterocycles. The summed E-state index contributed by atoms with van der Waals surface area (Å²) in [6.45, 7) is 5.73. The molecule has 0 fully saturated rings. The minimum absolute atomic E-state index is 0.293. The third kappa shape index (κ3) is 3.76. The van der Waals surface area contributed by atoms with E-state index in [1.165, 1.54) is 27.7 Å². The SMILES string of the molecule is Cc1ccc(C[NH+](C)Cn2nc(-c3ccccc3F)n(C)c2=S)c(C)c1. The molecule has 3 rings (SSSR count). The first kappa shape index (κ1) is 18.5. The number of aryl methyl sites for hydroxylation is 2. The highest BCUT2D eigenvalue weighted by Crippen LogP contribution is 2.20. The van der Waals surface area contributed by atoms with E-state index in [1.54, 1.807) is 27.4 Å². The minimum Gasteiger partial charge on any atom is -0.315 e. The monoisotopic (exact) mass is 371 g/mol. The maximum Gasteiger partial charge on any atom is 0.202 e. The molecule has 0 aliphatic carbocycles. The van der Waals surface area contributed by atoms with E-state index in [9.17, 15) is 4.39 Å². The summed E-state index contributed by atoms with van der Waals surface area (Å²) in [4.78, 5) is 1.26. The van der Waals surface area contributed by atoms with Gasteiger partial charge in [0.2, 0.25) is 4.77 Å². The van der Waals surface area contributed by atoms with Gasteiger partial charge in [0.1, 0.15) is 12.4 Å². The van der Waals surface area contributed by atoms with E-state index in [1.807, 2.05) is 7.05 Å². The van der Waals surface area contributed by atoms with Crippen LogP contribution in [0, 0.1) is 24.4 Å². The molecule has 0 aliphatic heterocycles. The fourth-order valence-corrected chi connectivity index (χ4v) is 3.34. The van der Waals surface area contributed by atoms with Gasteiger partial charge in [-0.05, 0) is 43.8 Å². The zero-order valence-corrected chi connectivity index (χ0v) is 16.4. The van der Waals surface area contributed by atoms with E-state index in [4.69, 9.17) is 12.2 Å². The number of quaternary nitrogens is 1. The van der Waals surface area contributed by atoms with Crippen molar-refractivity contribution in [1.29, 1.82) is 0 Å². The van der Waals surface area contributed by atoms with Crippen LogP contribution in [0.2, 0.25) is 0 Å². The molecule has 0 amide bonds. The lowest BCUT2D eigenvalue weighted by molar-refractivity contribution is -0.917. The third-order valence-corrected chi connectivity index (χ3v) is 5.05. The third-order valence-electron chi connectivity index (χ3n) is 4.57. The number of halogens is 1. The Morgan fingerprint density at radius 3 is 2.58 bits per heavy atom. The van der Waals surface area contributed by atoms with Gasteiger partial charge in [0, 0.05) is 12.6 Å². The molecule has 136 valence electrons. The molecule has 2 aromatic carbocycles. The first-order valence-corrected chi connectivity index (χ1v) is 9.04. The molecule has 0 bridgehead atoms. The van der Waals surface area contributed by atoms with Crippen molar-refractivity contribution in [2.75, 3.05) is 7.05 Å². The number of hydrogen-bond acceptors (Lipinski definition) is 2. The van der Waals surface area contributed by atoms with Crippen molar-refractivity contribution in [2.24, 2.45) is 7.05 Å². The second-order valence-electron chi connectivity index (χ2n) is 6.87. The van der Waals surface area contributed by atoms with Crippen LogP contribution < -0.4 is 4.90 Å². The van der Waals surface area contributed by atoms with Crippen LogP contribution in [0.3, 0.4) is 0 Å². The van der Waals surface area contributed by atoms with E-state index in [0.717, 1.165) is 6.54 Å². The number of rotatable bonds is 5.